The molecule has 0 radical (unpaired) electrons. The van der Waals surface area contributed by atoms with Crippen LogP contribution in [0.5, 0.6) is 5.75 Å². The lowest BCUT2D eigenvalue weighted by Crippen LogP contribution is -2.48. The Morgan fingerprint density at radius 1 is 1.16 bits per heavy atom. The van der Waals surface area contributed by atoms with E-state index >= 15 is 0 Å². The summed E-state index contributed by atoms with van der Waals surface area (Å²) in [4.78, 5) is 28.0. The molecule has 0 aromatic heterocycles. The highest BCUT2D eigenvalue weighted by Gasteiger charge is 2.26. The summed E-state index contributed by atoms with van der Waals surface area (Å²) in [6, 6.07) is 16.8. The minimum atomic E-state index is -0.573. The number of hydrogen-bond donors (Lipinski definition) is 2. The van der Waals surface area contributed by atoms with Crippen LogP contribution in [0.4, 0.5) is 5.69 Å². The van der Waals surface area contributed by atoms with Gasteiger partial charge in [0.25, 0.3) is 5.91 Å². The fourth-order valence-corrected chi connectivity index (χ4v) is 4.28. The van der Waals surface area contributed by atoms with Crippen LogP contribution in [0.1, 0.15) is 23.2 Å². The Balaban J connectivity index is 1.55. The average Bonchev–Trinajstić information content (AvgIpc) is 3.29. The smallest absolute Gasteiger partial charge is 0.255 e. The number of carbonyl (C=O) groups excluding carboxylic acids is 2. The van der Waals surface area contributed by atoms with Crippen LogP contribution in [-0.4, -0.2) is 56.6 Å². The molecule has 2 N–H and O–H groups in total. The highest BCUT2D eigenvalue weighted by molar-refractivity contribution is 7.98. The van der Waals surface area contributed by atoms with Crippen LogP contribution >= 0.6 is 11.8 Å². The van der Waals surface area contributed by atoms with Crippen molar-refractivity contribution in [2.75, 3.05) is 43.7 Å². The number of anilines is 1. The van der Waals surface area contributed by atoms with Crippen molar-refractivity contribution < 1.29 is 14.3 Å². The molecule has 1 aliphatic rings. The van der Waals surface area contributed by atoms with E-state index in [-0.39, 0.29) is 11.8 Å². The third kappa shape index (κ3) is 6.40. The third-order valence-corrected chi connectivity index (χ3v) is 6.20. The monoisotopic (exact) mass is 441 g/mol. The van der Waals surface area contributed by atoms with Gasteiger partial charge in [-0.3, -0.25) is 9.59 Å². The first-order valence-corrected chi connectivity index (χ1v) is 12.0. The maximum absolute atomic E-state index is 12.9. The first-order chi connectivity index (χ1) is 15.1. The van der Waals surface area contributed by atoms with Crippen LogP contribution < -0.4 is 20.3 Å². The van der Waals surface area contributed by atoms with Gasteiger partial charge in [0.1, 0.15) is 11.8 Å². The van der Waals surface area contributed by atoms with Crippen LogP contribution in [0.3, 0.4) is 0 Å². The summed E-state index contributed by atoms with van der Waals surface area (Å²) in [6.07, 6.45) is 3.61. The van der Waals surface area contributed by atoms with Crippen LogP contribution in [0, 0.1) is 5.92 Å². The van der Waals surface area contributed by atoms with Gasteiger partial charge in [0.15, 0.2) is 0 Å². The van der Waals surface area contributed by atoms with E-state index in [1.54, 1.807) is 30.0 Å². The molecule has 2 amide bonds. The molecular weight excluding hydrogens is 410 g/mol. The van der Waals surface area contributed by atoms with Crippen molar-refractivity contribution in [3.8, 4) is 5.75 Å². The molecule has 166 valence electrons. The number of amides is 2. The Bertz CT molecular complexity index is 862. The largest absolute Gasteiger partial charge is 0.496 e. The first kappa shape index (κ1) is 23.0. The normalized spacial score (nSPS) is 16.6. The molecule has 7 heteroatoms. The third-order valence-electron chi connectivity index (χ3n) is 5.56. The number of methoxy groups -OCH3 is 1. The van der Waals surface area contributed by atoms with Gasteiger partial charge in [0.2, 0.25) is 5.91 Å². The van der Waals surface area contributed by atoms with Crippen LogP contribution in [-0.2, 0) is 4.79 Å². The van der Waals surface area contributed by atoms with E-state index in [2.05, 4.69) is 27.7 Å². The topological polar surface area (TPSA) is 70.7 Å². The standard InChI is InChI=1S/C24H31N3O3S/c1-30-22-11-7-6-10-20(22)23(28)26-21(13-15-31-2)24(29)25-16-18-12-14-27(17-18)19-8-4-3-5-9-19/h3-11,18,21H,12-17H2,1-2H3,(H,25,29)(H,26,28). The summed E-state index contributed by atoms with van der Waals surface area (Å²) in [7, 11) is 1.53. The van der Waals surface area contributed by atoms with E-state index in [1.807, 2.05) is 30.5 Å². The van der Waals surface area contributed by atoms with Gasteiger partial charge in [-0.2, -0.15) is 11.8 Å². The number of benzene rings is 2. The SMILES string of the molecule is COc1ccccc1C(=O)NC(CCSC)C(=O)NCC1CCN(c2ccccc2)C1. The summed E-state index contributed by atoms with van der Waals surface area (Å²) < 4.78 is 5.28. The first-order valence-electron chi connectivity index (χ1n) is 10.6. The predicted octanol–water partition coefficient (Wildman–Crippen LogP) is 3.19. The van der Waals surface area contributed by atoms with Gasteiger partial charge < -0.3 is 20.3 Å². The van der Waals surface area contributed by atoms with Crippen molar-refractivity contribution >= 4 is 29.3 Å². The number of nitrogens with one attached hydrogen (secondary N) is 2. The van der Waals surface area contributed by atoms with E-state index < -0.39 is 6.04 Å². The molecule has 2 atom stereocenters. The number of hydrogen-bond acceptors (Lipinski definition) is 5. The Morgan fingerprint density at radius 2 is 1.90 bits per heavy atom. The van der Waals surface area contributed by atoms with E-state index in [0.29, 0.717) is 30.2 Å². The van der Waals surface area contributed by atoms with Crippen LogP contribution in [0.25, 0.3) is 0 Å². The van der Waals surface area contributed by atoms with Gasteiger partial charge in [0.05, 0.1) is 12.7 Å². The fraction of sp³-hybridized carbons (Fsp3) is 0.417. The van der Waals surface area contributed by atoms with E-state index in [0.717, 1.165) is 25.3 Å². The predicted molar refractivity (Wildman–Crippen MR) is 127 cm³/mol. The highest BCUT2D eigenvalue weighted by Crippen LogP contribution is 2.23. The van der Waals surface area contributed by atoms with Gasteiger partial charge >= 0.3 is 0 Å². The molecule has 3 rings (SSSR count). The van der Waals surface area contributed by atoms with Crippen LogP contribution in [0.15, 0.2) is 54.6 Å². The average molecular weight is 442 g/mol. The summed E-state index contributed by atoms with van der Waals surface area (Å²) in [6.45, 7) is 2.53. The molecule has 2 aromatic carbocycles. The summed E-state index contributed by atoms with van der Waals surface area (Å²) in [5, 5.41) is 5.97. The van der Waals surface area contributed by atoms with Gasteiger partial charge in [0, 0.05) is 25.3 Å². The summed E-state index contributed by atoms with van der Waals surface area (Å²) in [5.74, 6) is 1.26. The molecule has 6 nitrogen and oxygen atoms in total. The van der Waals surface area contributed by atoms with Gasteiger partial charge in [-0.05, 0) is 55.0 Å². The van der Waals surface area contributed by atoms with Crippen molar-refractivity contribution in [3.63, 3.8) is 0 Å². The van der Waals surface area contributed by atoms with Crippen molar-refractivity contribution in [3.05, 3.63) is 60.2 Å². The lowest BCUT2D eigenvalue weighted by Gasteiger charge is -2.21. The second kappa shape index (κ2) is 11.6. The van der Waals surface area contributed by atoms with E-state index in [9.17, 15) is 9.59 Å². The Hall–Kier alpha value is -2.67. The molecule has 0 spiro atoms. The molecule has 0 bridgehead atoms. The second-order valence-corrected chi connectivity index (χ2v) is 8.67. The molecule has 2 aromatic rings. The maximum atomic E-state index is 12.9. The molecule has 0 aliphatic carbocycles. The Morgan fingerprint density at radius 3 is 2.65 bits per heavy atom. The zero-order valence-electron chi connectivity index (χ0n) is 18.2. The summed E-state index contributed by atoms with van der Waals surface area (Å²) >= 11 is 1.66. The molecule has 2 unspecified atom stereocenters. The zero-order valence-corrected chi connectivity index (χ0v) is 19.0. The fourth-order valence-electron chi connectivity index (χ4n) is 3.81. The van der Waals surface area contributed by atoms with Crippen molar-refractivity contribution in [2.45, 2.75) is 18.9 Å². The molecule has 31 heavy (non-hydrogen) atoms. The summed E-state index contributed by atoms with van der Waals surface area (Å²) in [5.41, 5.74) is 1.65. The van der Waals surface area contributed by atoms with Gasteiger partial charge in [-0.15, -0.1) is 0 Å². The lowest BCUT2D eigenvalue weighted by atomic mass is 10.1. The van der Waals surface area contributed by atoms with E-state index in [1.165, 1.54) is 12.8 Å². The van der Waals surface area contributed by atoms with Crippen molar-refractivity contribution in [2.24, 2.45) is 5.92 Å². The molecular formula is C24H31N3O3S. The molecule has 0 saturated carbocycles. The van der Waals surface area contributed by atoms with Gasteiger partial charge in [-0.1, -0.05) is 30.3 Å². The minimum absolute atomic E-state index is 0.129. The highest BCUT2D eigenvalue weighted by atomic mass is 32.2. The molecule has 1 saturated heterocycles. The number of thioether (sulfide) groups is 1. The molecule has 1 fully saturated rings. The quantitative estimate of drug-likeness (QED) is 0.593. The van der Waals surface area contributed by atoms with Gasteiger partial charge in [-0.25, -0.2) is 0 Å². The van der Waals surface area contributed by atoms with Crippen molar-refractivity contribution in [1.29, 1.82) is 0 Å². The number of rotatable bonds is 10. The van der Waals surface area contributed by atoms with E-state index in [4.69, 9.17) is 4.74 Å². The molecule has 1 aliphatic heterocycles. The maximum Gasteiger partial charge on any atom is 0.255 e. The Kier molecular flexibility index (Phi) is 8.64. The Labute approximate surface area is 188 Å². The van der Waals surface area contributed by atoms with Crippen LogP contribution in [0.2, 0.25) is 0 Å². The minimum Gasteiger partial charge on any atom is -0.496 e. The zero-order chi connectivity index (χ0) is 22.1. The number of para-hydroxylation sites is 2. The molecule has 1 heterocycles. The number of ether oxygens (including phenoxy) is 1. The number of carbonyl (C=O) groups is 2. The lowest BCUT2D eigenvalue weighted by molar-refractivity contribution is -0.123. The van der Waals surface area contributed by atoms with Crippen molar-refractivity contribution in [1.82, 2.24) is 10.6 Å². The number of nitrogens with zero attached hydrogens (tertiary/aromatic N) is 1. The second-order valence-electron chi connectivity index (χ2n) is 7.69.